The SMILES string of the molecule is C=C(C)C(=O)OCCCCCCOc1ccc(C(=O)Oc2ccc(OC(=O)c3ccc(OCCCC)cc3)c(C(C)(C)C)c2)cc1.C=C(C)C(=O)OCCCCCCOc1ccc(C(=O)Oc2ccc(OC(=O)c3ccc(OCCCCC)cc3)c(C(C)(C)C)c2)cc1. The Kier molecular flexibility index (Phi) is 31.0. The van der Waals surface area contributed by atoms with E-state index in [0.29, 0.717) is 119 Å². The summed E-state index contributed by atoms with van der Waals surface area (Å²) in [6, 6.07) is 37.4. The number of carbonyl (C=O) groups is 6. The molecule has 93 heavy (non-hydrogen) atoms. The molecule has 0 saturated heterocycles. The zero-order chi connectivity index (χ0) is 67.8. The van der Waals surface area contributed by atoms with Crippen LogP contribution in [0.2, 0.25) is 0 Å². The van der Waals surface area contributed by atoms with E-state index < -0.39 is 34.7 Å². The van der Waals surface area contributed by atoms with E-state index in [4.69, 9.17) is 47.4 Å². The molecule has 16 nitrogen and oxygen atoms in total. The maximum Gasteiger partial charge on any atom is 0.343 e. The van der Waals surface area contributed by atoms with Crippen LogP contribution in [-0.4, -0.2) is 75.5 Å². The van der Waals surface area contributed by atoms with Crippen LogP contribution >= 0.6 is 0 Å². The molecule has 0 aliphatic rings. The molecular formula is C77H94O16. The Morgan fingerprint density at radius 2 is 0.581 bits per heavy atom. The van der Waals surface area contributed by atoms with Gasteiger partial charge < -0.3 is 47.4 Å². The van der Waals surface area contributed by atoms with E-state index in [9.17, 15) is 28.8 Å². The van der Waals surface area contributed by atoms with Crippen LogP contribution in [0.5, 0.6) is 46.0 Å². The first-order valence-electron chi connectivity index (χ1n) is 32.2. The fraction of sp³-hybridized carbons (Fsp3) is 0.403. The van der Waals surface area contributed by atoms with Crippen LogP contribution in [0.15, 0.2) is 158 Å². The molecule has 0 amide bonds. The lowest BCUT2D eigenvalue weighted by Gasteiger charge is -2.23. The van der Waals surface area contributed by atoms with Crippen LogP contribution < -0.4 is 37.9 Å². The van der Waals surface area contributed by atoms with E-state index in [1.165, 1.54) is 0 Å². The Labute approximate surface area is 549 Å². The Balaban J connectivity index is 0.000000337. The molecule has 0 unspecified atom stereocenters. The van der Waals surface area contributed by atoms with Crippen molar-refractivity contribution in [2.45, 2.75) is 164 Å². The van der Waals surface area contributed by atoms with Gasteiger partial charge in [0, 0.05) is 22.3 Å². The molecule has 16 heteroatoms. The molecule has 0 heterocycles. The van der Waals surface area contributed by atoms with Gasteiger partial charge in [0.1, 0.15) is 46.0 Å². The number of esters is 6. The van der Waals surface area contributed by atoms with Crippen LogP contribution in [0.3, 0.4) is 0 Å². The fourth-order valence-corrected chi connectivity index (χ4v) is 8.84. The average molecular weight is 1280 g/mol. The van der Waals surface area contributed by atoms with Crippen molar-refractivity contribution in [3.8, 4) is 46.0 Å². The van der Waals surface area contributed by atoms with Crippen LogP contribution in [0.1, 0.15) is 205 Å². The van der Waals surface area contributed by atoms with Gasteiger partial charge in [0.05, 0.1) is 61.9 Å². The molecule has 498 valence electrons. The normalized spacial score (nSPS) is 11.0. The van der Waals surface area contributed by atoms with Gasteiger partial charge in [-0.25, -0.2) is 28.8 Å². The number of benzene rings is 6. The maximum atomic E-state index is 13.0. The molecule has 0 aromatic heterocycles. The summed E-state index contributed by atoms with van der Waals surface area (Å²) < 4.78 is 56.1. The van der Waals surface area contributed by atoms with Crippen LogP contribution in [0.25, 0.3) is 0 Å². The summed E-state index contributed by atoms with van der Waals surface area (Å²) in [5.41, 5.74) is 3.05. The molecule has 0 spiro atoms. The summed E-state index contributed by atoms with van der Waals surface area (Å²) in [5, 5.41) is 0. The minimum atomic E-state index is -0.509. The second-order valence-electron chi connectivity index (χ2n) is 24.6. The first-order chi connectivity index (χ1) is 44.4. The van der Waals surface area contributed by atoms with E-state index in [1.807, 2.05) is 41.5 Å². The molecule has 0 N–H and O–H groups in total. The zero-order valence-corrected chi connectivity index (χ0v) is 56.1. The van der Waals surface area contributed by atoms with Gasteiger partial charge in [-0.15, -0.1) is 0 Å². The predicted octanol–water partition coefficient (Wildman–Crippen LogP) is 17.7. The number of ether oxygens (including phenoxy) is 10. The van der Waals surface area contributed by atoms with Gasteiger partial charge in [0.15, 0.2) is 0 Å². The molecule has 0 aliphatic heterocycles. The maximum absolute atomic E-state index is 13.0. The number of hydrogen-bond donors (Lipinski definition) is 0. The zero-order valence-electron chi connectivity index (χ0n) is 56.1. The molecule has 0 aliphatic carbocycles. The predicted molar refractivity (Wildman–Crippen MR) is 361 cm³/mol. The van der Waals surface area contributed by atoms with E-state index in [2.05, 4.69) is 27.0 Å². The molecule has 0 fully saturated rings. The lowest BCUT2D eigenvalue weighted by molar-refractivity contribution is -0.139. The second-order valence-corrected chi connectivity index (χ2v) is 24.6. The second kappa shape index (κ2) is 38.6. The average Bonchev–Trinajstić information content (AvgIpc) is 0.845. The fourth-order valence-electron chi connectivity index (χ4n) is 8.84. The molecule has 6 rings (SSSR count). The smallest absolute Gasteiger partial charge is 0.343 e. The van der Waals surface area contributed by atoms with E-state index in [0.717, 1.165) is 94.6 Å². The number of carbonyl (C=O) groups excluding carboxylic acids is 6. The minimum Gasteiger partial charge on any atom is -0.494 e. The molecule has 6 aromatic rings. The van der Waals surface area contributed by atoms with Crippen molar-refractivity contribution < 1.29 is 76.1 Å². The Bertz CT molecular complexity index is 3370. The summed E-state index contributed by atoms with van der Waals surface area (Å²) in [5.74, 6) is 1.53. The highest BCUT2D eigenvalue weighted by Gasteiger charge is 2.25. The Hall–Kier alpha value is -9.18. The van der Waals surface area contributed by atoms with Gasteiger partial charge in [0.2, 0.25) is 0 Å². The summed E-state index contributed by atoms with van der Waals surface area (Å²) in [6.45, 7) is 29.7. The topological polar surface area (TPSA) is 195 Å². The largest absolute Gasteiger partial charge is 0.494 e. The third kappa shape index (κ3) is 26.9. The minimum absolute atomic E-state index is 0.345. The molecule has 0 radical (unpaired) electrons. The molecule has 6 aromatic carbocycles. The monoisotopic (exact) mass is 1270 g/mol. The Morgan fingerprint density at radius 3 is 0.860 bits per heavy atom. The van der Waals surface area contributed by atoms with Crippen LogP contribution in [0.4, 0.5) is 0 Å². The van der Waals surface area contributed by atoms with Crippen molar-refractivity contribution in [3.63, 3.8) is 0 Å². The van der Waals surface area contributed by atoms with Gasteiger partial charge >= 0.3 is 35.8 Å². The van der Waals surface area contributed by atoms with Gasteiger partial charge in [-0.2, -0.15) is 0 Å². The molecule has 0 bridgehead atoms. The summed E-state index contributed by atoms with van der Waals surface area (Å²) >= 11 is 0. The highest BCUT2D eigenvalue weighted by molar-refractivity contribution is 5.94. The van der Waals surface area contributed by atoms with Crippen molar-refractivity contribution in [1.29, 1.82) is 0 Å². The van der Waals surface area contributed by atoms with Crippen molar-refractivity contribution in [3.05, 3.63) is 191 Å². The highest BCUT2D eigenvalue weighted by Crippen LogP contribution is 2.37. The molecular weight excluding hydrogens is 1180 g/mol. The highest BCUT2D eigenvalue weighted by atomic mass is 16.6. The number of rotatable bonds is 35. The van der Waals surface area contributed by atoms with Crippen molar-refractivity contribution >= 4 is 35.8 Å². The van der Waals surface area contributed by atoms with Gasteiger partial charge in [-0.05, 0) is 222 Å². The van der Waals surface area contributed by atoms with Crippen LogP contribution in [0, 0.1) is 0 Å². The van der Waals surface area contributed by atoms with Crippen molar-refractivity contribution in [2.75, 3.05) is 39.6 Å². The quantitative estimate of drug-likeness (QED) is 0.0158. The molecule has 0 saturated carbocycles. The van der Waals surface area contributed by atoms with E-state index >= 15 is 0 Å². The third-order valence-electron chi connectivity index (χ3n) is 14.3. The number of unbranched alkanes of at least 4 members (excludes halogenated alkanes) is 9. The molecule has 0 atom stereocenters. The first kappa shape index (κ1) is 74.5. The summed E-state index contributed by atoms with van der Waals surface area (Å²) in [4.78, 5) is 74.5. The summed E-state index contributed by atoms with van der Waals surface area (Å²) in [7, 11) is 0. The Morgan fingerprint density at radius 1 is 0.323 bits per heavy atom. The van der Waals surface area contributed by atoms with Crippen molar-refractivity contribution in [2.24, 2.45) is 0 Å². The third-order valence-corrected chi connectivity index (χ3v) is 14.3. The van der Waals surface area contributed by atoms with Gasteiger partial charge in [0.25, 0.3) is 0 Å². The number of hydrogen-bond acceptors (Lipinski definition) is 16. The van der Waals surface area contributed by atoms with Crippen LogP contribution in [-0.2, 0) is 29.9 Å². The lowest BCUT2D eigenvalue weighted by atomic mass is 9.86. The summed E-state index contributed by atoms with van der Waals surface area (Å²) in [6.07, 6.45) is 12.3. The van der Waals surface area contributed by atoms with E-state index in [-0.39, 0.29) is 11.9 Å². The van der Waals surface area contributed by atoms with Gasteiger partial charge in [-0.3, -0.25) is 0 Å². The van der Waals surface area contributed by atoms with Gasteiger partial charge in [-0.1, -0.05) is 87.8 Å². The first-order valence-corrected chi connectivity index (χ1v) is 32.2. The van der Waals surface area contributed by atoms with Crippen molar-refractivity contribution in [1.82, 2.24) is 0 Å². The lowest BCUT2D eigenvalue weighted by Crippen LogP contribution is -2.17. The standard InChI is InChI=1S/C39H48O8.C38H46O8/c1-7-8-11-24-43-31-20-16-30(17-21-31)38(42)47-35-23-22-33(27-34(35)39(4,5)6)46-37(41)29-14-18-32(19-15-29)44-25-12-9-10-13-26-45-36(40)28(2)3;1-7-8-23-42-30-19-15-29(16-20-30)37(41)46-34-22-21-32(26-33(34)38(4,5)6)45-36(40)28-13-17-31(18-14-28)43-24-11-9-10-12-25-44-35(39)27(2)3/h14-23,27H,2,7-13,24-26H2,1,3-6H3;13-22,26H,2,7-12,23-25H2,1,3-6H3. The van der Waals surface area contributed by atoms with E-state index in [1.54, 1.807) is 147 Å².